The van der Waals surface area contributed by atoms with E-state index in [1.165, 1.54) is 12.1 Å². The lowest BCUT2D eigenvalue weighted by Gasteiger charge is -2.47. The van der Waals surface area contributed by atoms with Gasteiger partial charge in [0, 0.05) is 36.0 Å². The zero-order valence-electron chi connectivity index (χ0n) is 20.2. The molecule has 0 spiro atoms. The first-order valence-corrected chi connectivity index (χ1v) is 12.8. The number of H-pyrrole nitrogens is 1. The Morgan fingerprint density at radius 3 is 2.70 bits per heavy atom. The third-order valence-electron chi connectivity index (χ3n) is 7.31. The van der Waals surface area contributed by atoms with Gasteiger partial charge >= 0.3 is 0 Å². The van der Waals surface area contributed by atoms with E-state index in [9.17, 15) is 18.8 Å². The SMILES string of the molecule is O=C(CCCCCCN1CC(=O)N2[C@@H](c3ccc(Cl)c(F)c3)c3[nH]c4ccccc4c3C[C@H]2C1=O)NO. The van der Waals surface area contributed by atoms with Crippen LogP contribution in [0.3, 0.4) is 0 Å². The summed E-state index contributed by atoms with van der Waals surface area (Å²) >= 11 is 5.94. The minimum absolute atomic E-state index is 0.00260. The van der Waals surface area contributed by atoms with Gasteiger partial charge in [-0.1, -0.05) is 48.7 Å². The molecule has 1 fully saturated rings. The van der Waals surface area contributed by atoms with Crippen molar-refractivity contribution in [1.29, 1.82) is 0 Å². The van der Waals surface area contributed by atoms with E-state index in [2.05, 4.69) is 4.98 Å². The average Bonchev–Trinajstić information content (AvgIpc) is 3.27. The number of benzene rings is 2. The van der Waals surface area contributed by atoms with Crippen LogP contribution in [-0.2, 0) is 20.8 Å². The van der Waals surface area contributed by atoms with Crippen LogP contribution in [0.15, 0.2) is 42.5 Å². The fourth-order valence-corrected chi connectivity index (χ4v) is 5.66. The van der Waals surface area contributed by atoms with Crippen LogP contribution in [0.1, 0.15) is 55.0 Å². The molecule has 3 heterocycles. The molecule has 2 aliphatic heterocycles. The standard InChI is InChI=1S/C27H28ClFN4O4/c28-19-11-10-16(13-20(19)29)26-25-18(17-7-4-5-8-21(17)30-25)14-22-27(36)32(15-24(35)33(22)26)12-6-2-1-3-9-23(34)31-37/h4-5,7-8,10-11,13,22,26,30,37H,1-3,6,9,12,14-15H2,(H,31,34)/t22-,26-/m0/s1. The van der Waals surface area contributed by atoms with Gasteiger partial charge in [-0.15, -0.1) is 0 Å². The molecular weight excluding hydrogens is 499 g/mol. The van der Waals surface area contributed by atoms with Crippen molar-refractivity contribution in [1.82, 2.24) is 20.3 Å². The van der Waals surface area contributed by atoms with Crippen molar-refractivity contribution >= 4 is 40.2 Å². The highest BCUT2D eigenvalue weighted by Crippen LogP contribution is 2.43. The highest BCUT2D eigenvalue weighted by molar-refractivity contribution is 6.30. The second-order valence-corrected chi connectivity index (χ2v) is 10.0. The van der Waals surface area contributed by atoms with Crippen molar-refractivity contribution in [2.24, 2.45) is 0 Å². The Balaban J connectivity index is 1.41. The molecule has 0 unspecified atom stereocenters. The molecular formula is C27H28ClFN4O4. The van der Waals surface area contributed by atoms with Gasteiger partial charge in [-0.3, -0.25) is 19.6 Å². The van der Waals surface area contributed by atoms with Gasteiger partial charge in [0.2, 0.25) is 17.7 Å². The number of nitrogens with zero attached hydrogens (tertiary/aromatic N) is 2. The third-order valence-corrected chi connectivity index (χ3v) is 7.61. The summed E-state index contributed by atoms with van der Waals surface area (Å²) in [5.74, 6) is -1.29. The summed E-state index contributed by atoms with van der Waals surface area (Å²) in [6.07, 6.45) is 3.54. The number of carbonyl (C=O) groups is 3. The maximum absolute atomic E-state index is 14.5. The molecule has 3 amide bonds. The highest BCUT2D eigenvalue weighted by Gasteiger charge is 2.48. The number of halogens is 2. The zero-order valence-corrected chi connectivity index (χ0v) is 20.9. The number of unbranched alkanes of at least 4 members (excludes halogenated alkanes) is 3. The van der Waals surface area contributed by atoms with Crippen LogP contribution < -0.4 is 5.48 Å². The topological polar surface area (TPSA) is 106 Å². The summed E-state index contributed by atoms with van der Waals surface area (Å²) < 4.78 is 14.5. The van der Waals surface area contributed by atoms with Crippen molar-refractivity contribution < 1.29 is 24.0 Å². The maximum atomic E-state index is 14.5. The number of para-hydroxylation sites is 1. The van der Waals surface area contributed by atoms with Crippen molar-refractivity contribution in [3.63, 3.8) is 0 Å². The van der Waals surface area contributed by atoms with Crippen molar-refractivity contribution in [3.8, 4) is 0 Å². The summed E-state index contributed by atoms with van der Waals surface area (Å²) in [6, 6.07) is 11.0. The Bertz CT molecular complexity index is 1360. The Morgan fingerprint density at radius 1 is 1.14 bits per heavy atom. The molecule has 0 bridgehead atoms. The number of aromatic amines is 1. The normalized spacial score (nSPS) is 19.2. The molecule has 3 aromatic rings. The second kappa shape index (κ2) is 10.5. The van der Waals surface area contributed by atoms with Crippen LogP contribution in [0, 0.1) is 5.82 Å². The van der Waals surface area contributed by atoms with E-state index in [0.717, 1.165) is 35.0 Å². The number of nitrogens with one attached hydrogen (secondary N) is 2. The van der Waals surface area contributed by atoms with E-state index in [4.69, 9.17) is 16.8 Å². The van der Waals surface area contributed by atoms with Gasteiger partial charge < -0.3 is 14.8 Å². The second-order valence-electron chi connectivity index (χ2n) is 9.62. The smallest absolute Gasteiger partial charge is 0.246 e. The lowest BCUT2D eigenvalue weighted by molar-refractivity contribution is -0.158. The van der Waals surface area contributed by atoms with Gasteiger partial charge in [0.1, 0.15) is 11.9 Å². The highest BCUT2D eigenvalue weighted by atomic mass is 35.5. The van der Waals surface area contributed by atoms with E-state index in [1.807, 2.05) is 24.3 Å². The number of hydrogen-bond acceptors (Lipinski definition) is 4. The molecule has 37 heavy (non-hydrogen) atoms. The van der Waals surface area contributed by atoms with Crippen LogP contribution in [0.2, 0.25) is 5.02 Å². The number of hydroxylamine groups is 1. The predicted molar refractivity (Wildman–Crippen MR) is 135 cm³/mol. The van der Waals surface area contributed by atoms with Crippen LogP contribution in [-0.4, -0.2) is 56.8 Å². The number of hydrogen-bond donors (Lipinski definition) is 3. The fraction of sp³-hybridized carbons (Fsp3) is 0.370. The third kappa shape index (κ3) is 4.81. The molecule has 3 N–H and O–H groups in total. The summed E-state index contributed by atoms with van der Waals surface area (Å²) in [7, 11) is 0. The van der Waals surface area contributed by atoms with E-state index in [1.54, 1.807) is 21.3 Å². The minimum atomic E-state index is -0.690. The zero-order chi connectivity index (χ0) is 26.1. The molecule has 8 nitrogen and oxygen atoms in total. The lowest BCUT2D eigenvalue weighted by atomic mass is 9.86. The molecule has 1 saturated heterocycles. The largest absolute Gasteiger partial charge is 0.356 e. The Hall–Kier alpha value is -3.43. The summed E-state index contributed by atoms with van der Waals surface area (Å²) in [6.45, 7) is 0.409. The van der Waals surface area contributed by atoms with Crippen molar-refractivity contribution in [2.75, 3.05) is 13.1 Å². The van der Waals surface area contributed by atoms with Gasteiger partial charge in [0.15, 0.2) is 0 Å². The van der Waals surface area contributed by atoms with E-state index < -0.39 is 23.8 Å². The molecule has 5 rings (SSSR count). The first kappa shape index (κ1) is 25.2. The molecule has 1 aromatic heterocycles. The quantitative estimate of drug-likeness (QED) is 0.233. The molecule has 0 saturated carbocycles. The Morgan fingerprint density at radius 2 is 1.92 bits per heavy atom. The van der Waals surface area contributed by atoms with Gasteiger partial charge in [-0.2, -0.15) is 0 Å². The molecule has 2 atom stereocenters. The monoisotopic (exact) mass is 526 g/mol. The van der Waals surface area contributed by atoms with Gasteiger partial charge in [-0.25, -0.2) is 9.87 Å². The summed E-state index contributed by atoms with van der Waals surface area (Å²) in [5.41, 5.74) is 4.83. The molecule has 10 heteroatoms. The molecule has 2 aromatic carbocycles. The number of piperazine rings is 1. The Labute approximate surface area is 218 Å². The van der Waals surface area contributed by atoms with Crippen LogP contribution in [0.5, 0.6) is 0 Å². The van der Waals surface area contributed by atoms with E-state index in [-0.39, 0.29) is 29.8 Å². The summed E-state index contributed by atoms with van der Waals surface area (Å²) in [5, 5.41) is 9.56. The number of carbonyl (C=O) groups excluding carboxylic acids is 3. The average molecular weight is 527 g/mol. The predicted octanol–water partition coefficient (Wildman–Crippen LogP) is 4.10. The molecule has 2 aliphatic rings. The van der Waals surface area contributed by atoms with Crippen molar-refractivity contribution in [2.45, 2.75) is 50.6 Å². The lowest BCUT2D eigenvalue weighted by Crippen LogP contribution is -2.63. The Kier molecular flexibility index (Phi) is 7.17. The van der Waals surface area contributed by atoms with Crippen molar-refractivity contribution in [3.05, 3.63) is 70.1 Å². The van der Waals surface area contributed by atoms with Crippen LogP contribution >= 0.6 is 11.6 Å². The maximum Gasteiger partial charge on any atom is 0.246 e. The number of amides is 3. The first-order valence-electron chi connectivity index (χ1n) is 12.5. The van der Waals surface area contributed by atoms with Crippen LogP contribution in [0.25, 0.3) is 10.9 Å². The van der Waals surface area contributed by atoms with Gasteiger partial charge in [0.25, 0.3) is 0 Å². The summed E-state index contributed by atoms with van der Waals surface area (Å²) in [4.78, 5) is 45.0. The molecule has 0 aliphatic carbocycles. The van der Waals surface area contributed by atoms with E-state index in [0.29, 0.717) is 31.4 Å². The molecule has 0 radical (unpaired) electrons. The molecule has 194 valence electrons. The fourth-order valence-electron chi connectivity index (χ4n) is 5.54. The number of rotatable bonds is 8. The first-order chi connectivity index (χ1) is 17.9. The van der Waals surface area contributed by atoms with E-state index >= 15 is 0 Å². The van der Waals surface area contributed by atoms with Gasteiger partial charge in [-0.05, 0) is 42.2 Å². The van der Waals surface area contributed by atoms with Gasteiger partial charge in [0.05, 0.1) is 17.6 Å². The number of aromatic nitrogens is 1. The number of fused-ring (bicyclic) bond motifs is 4. The van der Waals surface area contributed by atoms with Crippen LogP contribution in [0.4, 0.5) is 4.39 Å². The minimum Gasteiger partial charge on any atom is -0.356 e.